The van der Waals surface area contributed by atoms with Crippen LogP contribution in [-0.2, 0) is 0 Å². The second-order valence-corrected chi connectivity index (χ2v) is 0.307. The van der Waals surface area contributed by atoms with Crippen LogP contribution in [0.2, 0.25) is 0 Å². The third-order valence-corrected chi connectivity index (χ3v) is 0. The summed E-state index contributed by atoms with van der Waals surface area (Å²) >= 11 is 0. The van der Waals surface area contributed by atoms with Gasteiger partial charge in [0.25, 0.3) is 0 Å². The van der Waals surface area contributed by atoms with E-state index in [2.05, 4.69) is 0 Å². The second-order valence-electron chi connectivity index (χ2n) is 0.307. The van der Waals surface area contributed by atoms with Gasteiger partial charge in [0.15, 0.2) is 0 Å². The maximum absolute atomic E-state index is 8.53. The van der Waals surface area contributed by atoms with Crippen LogP contribution in [-0.4, -0.2) is 63.3 Å². The van der Waals surface area contributed by atoms with Gasteiger partial charge in [0.1, 0.15) is 0 Å². The Bertz CT molecular complexity index is 12.3. The molecule has 0 saturated heterocycles. The van der Waals surface area contributed by atoms with Crippen LogP contribution in [0.1, 0.15) is 0 Å². The molecule has 32 valence electrons. The first kappa shape index (κ1) is 15.7. The van der Waals surface area contributed by atoms with Crippen LogP contribution >= 0.6 is 0 Å². The van der Waals surface area contributed by atoms with Crippen LogP contribution in [0.5, 0.6) is 0 Å². The average Bonchev–Trinajstić information content (AvgIpc) is 0.811. The maximum Gasteiger partial charge on any atom is 2.00 e. The Morgan fingerprint density at radius 1 is 1.33 bits per heavy atom. The average molecular weight is 165 g/mol. The van der Waals surface area contributed by atoms with Crippen LogP contribution < -0.4 is 10.0 Å². The van der Waals surface area contributed by atoms with Crippen LogP contribution in [0.15, 0.2) is 0 Å². The summed E-state index contributed by atoms with van der Waals surface area (Å²) in [5.41, 5.74) is 0. The summed E-state index contributed by atoms with van der Waals surface area (Å²) in [6, 6.07) is 0. The Labute approximate surface area is 72.6 Å². The van der Waals surface area contributed by atoms with E-state index < -0.39 is 7.32 Å². The summed E-state index contributed by atoms with van der Waals surface area (Å²) in [6.45, 7) is 0. The van der Waals surface area contributed by atoms with Crippen molar-refractivity contribution in [2.45, 2.75) is 0 Å². The molecule has 0 fully saturated rings. The molecule has 6 heavy (non-hydrogen) atoms. The first-order valence-electron chi connectivity index (χ1n) is 0.730. The Kier molecular flexibility index (Phi) is 25.1. The van der Waals surface area contributed by atoms with Crippen molar-refractivity contribution in [2.24, 2.45) is 0 Å². The van der Waals surface area contributed by atoms with Gasteiger partial charge in [-0.3, -0.25) is 0 Å². The predicted octanol–water partition coefficient (Wildman–Crippen LogP) is -4.52. The van der Waals surface area contributed by atoms with E-state index in [1.54, 1.807) is 0 Å². The fraction of sp³-hybridized carbons (Fsp3) is 0. The van der Waals surface area contributed by atoms with Crippen molar-refractivity contribution in [3.05, 3.63) is 0 Å². The van der Waals surface area contributed by atoms with Crippen molar-refractivity contribution < 1.29 is 20.5 Å². The minimum Gasteiger partial charge on any atom is -0.871 e. The molecule has 0 atom stereocenters. The van der Waals surface area contributed by atoms with E-state index in [1.807, 2.05) is 0 Å². The molecule has 0 saturated carbocycles. The third kappa shape index (κ3) is 54.0. The Morgan fingerprint density at radius 3 is 1.33 bits per heavy atom. The summed E-state index contributed by atoms with van der Waals surface area (Å²) in [6.07, 6.45) is 0. The van der Waals surface area contributed by atoms with Crippen molar-refractivity contribution in [3.8, 4) is 0 Å². The third-order valence-electron chi connectivity index (χ3n) is 0. The molecule has 0 aliphatic carbocycles. The van der Waals surface area contributed by atoms with Crippen LogP contribution in [0.3, 0.4) is 0 Å². The van der Waals surface area contributed by atoms with E-state index in [1.165, 1.54) is 0 Å². The number of hydrogen-bond donors (Lipinski definition) is 1. The zero-order chi connectivity index (χ0) is 3.58. The van der Waals surface area contributed by atoms with Gasteiger partial charge >= 0.3 is 45.5 Å². The monoisotopic (exact) mass is 166 g/mol. The van der Waals surface area contributed by atoms with E-state index in [4.69, 9.17) is 15.1 Å². The molecule has 0 heterocycles. The fourth-order valence-electron chi connectivity index (χ4n) is 0. The van der Waals surface area contributed by atoms with Gasteiger partial charge in [-0.15, -0.1) is 0 Å². The molecular weight excluding hydrogens is 162 g/mol. The van der Waals surface area contributed by atoms with Crippen LogP contribution in [0, 0.1) is 0 Å². The summed E-state index contributed by atoms with van der Waals surface area (Å²) in [4.78, 5) is 0. The number of rotatable bonds is 0. The van der Waals surface area contributed by atoms with Gasteiger partial charge in [-0.25, -0.2) is 0 Å². The Morgan fingerprint density at radius 2 is 1.33 bits per heavy atom. The van der Waals surface area contributed by atoms with E-state index in [0.29, 0.717) is 0 Å². The van der Waals surface area contributed by atoms with E-state index >= 15 is 0 Å². The Hall–Kier alpha value is 1.39. The molecule has 0 aliphatic rings. The van der Waals surface area contributed by atoms with Crippen molar-refractivity contribution in [3.63, 3.8) is 0 Å². The Balaban J connectivity index is -0.0000000450. The minimum absolute atomic E-state index is 0. The first-order chi connectivity index (χ1) is 1.73. The maximum atomic E-state index is 8.53. The van der Waals surface area contributed by atoms with Gasteiger partial charge in [0.05, 0.1) is 7.32 Å². The topological polar surface area (TPSA) is 97.9 Å². The summed E-state index contributed by atoms with van der Waals surface area (Å²) in [5, 5.41) is 24.0. The zero-order valence-corrected chi connectivity index (χ0v) is 6.52. The quantitative estimate of drug-likeness (QED) is 0.366. The molecule has 0 aromatic heterocycles. The van der Waals surface area contributed by atoms with Gasteiger partial charge in [-0.05, 0) is 0 Å². The molecule has 0 aliphatic heterocycles. The molecule has 0 bridgehead atoms. The number of hydrogen-bond acceptors (Lipinski definition) is 3. The minimum atomic E-state index is -2.67. The largest absolute Gasteiger partial charge is 2.00 e. The van der Waals surface area contributed by atoms with Gasteiger partial charge < -0.3 is 20.5 Å². The summed E-state index contributed by atoms with van der Waals surface area (Å²) in [5.74, 6) is 0. The van der Waals surface area contributed by atoms with Gasteiger partial charge in [0.2, 0.25) is 0 Å². The van der Waals surface area contributed by atoms with E-state index in [9.17, 15) is 0 Å². The molecule has 0 spiro atoms. The van der Waals surface area contributed by atoms with Crippen molar-refractivity contribution >= 4 is 52.8 Å². The van der Waals surface area contributed by atoms with Crippen molar-refractivity contribution in [1.82, 2.24) is 0 Å². The summed E-state index contributed by atoms with van der Waals surface area (Å²) < 4.78 is 0. The van der Waals surface area contributed by atoms with Crippen molar-refractivity contribution in [2.75, 3.05) is 0 Å². The predicted molar refractivity (Wildman–Crippen MR) is 17.3 cm³/mol. The molecule has 4 nitrogen and oxygen atoms in total. The SMILES string of the molecule is O.[O-]B([O-])O.[Sr+2]. The van der Waals surface area contributed by atoms with E-state index in [0.717, 1.165) is 0 Å². The van der Waals surface area contributed by atoms with Gasteiger partial charge in [0, 0.05) is 0 Å². The molecule has 0 rings (SSSR count). The summed E-state index contributed by atoms with van der Waals surface area (Å²) in [7, 11) is -2.67. The fourth-order valence-corrected chi connectivity index (χ4v) is 0. The normalized spacial score (nSPS) is 4.50. The van der Waals surface area contributed by atoms with Crippen molar-refractivity contribution in [1.29, 1.82) is 0 Å². The molecule has 3 N–H and O–H groups in total. The van der Waals surface area contributed by atoms with Gasteiger partial charge in [-0.1, -0.05) is 0 Å². The first-order valence-corrected chi connectivity index (χ1v) is 0.730. The molecule has 0 aromatic carbocycles. The molecule has 0 radical (unpaired) electrons. The molecular formula is H3BO4Sr. The molecule has 0 amide bonds. The molecule has 6 heteroatoms. The smallest absolute Gasteiger partial charge is 0.871 e. The van der Waals surface area contributed by atoms with Gasteiger partial charge in [-0.2, -0.15) is 0 Å². The van der Waals surface area contributed by atoms with Crippen LogP contribution in [0.4, 0.5) is 0 Å². The molecule has 0 aromatic rings. The zero-order valence-electron chi connectivity index (χ0n) is 3.05. The standard InChI is InChI=1S/BHO3.H2O.Sr/c2-1(3)4;;/h2H;1H2;/q-2;;+2. The van der Waals surface area contributed by atoms with Crippen LogP contribution in [0.25, 0.3) is 0 Å². The second kappa shape index (κ2) is 9.63. The molecule has 0 unspecified atom stereocenters. The van der Waals surface area contributed by atoms with E-state index in [-0.39, 0.29) is 51.0 Å².